The minimum Gasteiger partial charge on any atom is -0.477 e. The van der Waals surface area contributed by atoms with Crippen molar-refractivity contribution in [1.82, 2.24) is 9.78 Å². The molecule has 0 unspecified atom stereocenters. The predicted molar refractivity (Wildman–Crippen MR) is 44.3 cm³/mol. The van der Waals surface area contributed by atoms with Crippen molar-refractivity contribution in [2.75, 3.05) is 0 Å². The molecule has 0 aromatic carbocycles. The lowest BCUT2D eigenvalue weighted by Gasteiger charge is -2.06. The first-order chi connectivity index (χ1) is 6.06. The first-order valence-electron chi connectivity index (χ1n) is 3.79. The van der Waals surface area contributed by atoms with E-state index in [0.29, 0.717) is 0 Å². The molecule has 0 aliphatic heterocycles. The van der Waals surface area contributed by atoms with Gasteiger partial charge < -0.3 is 5.11 Å². The van der Waals surface area contributed by atoms with E-state index in [1.807, 2.05) is 0 Å². The molecule has 1 aromatic heterocycles. The maximum Gasteiger partial charge on any atom is 0.354 e. The van der Waals surface area contributed by atoms with E-state index in [-0.39, 0.29) is 17.4 Å². The fourth-order valence-electron chi connectivity index (χ4n) is 1.00. The van der Waals surface area contributed by atoms with Gasteiger partial charge in [-0.15, -0.1) is 0 Å². The molecule has 1 aromatic rings. The summed E-state index contributed by atoms with van der Waals surface area (Å²) >= 11 is 0. The van der Waals surface area contributed by atoms with Gasteiger partial charge in [-0.05, 0) is 13.8 Å². The van der Waals surface area contributed by atoms with Crippen LogP contribution in [-0.4, -0.2) is 20.9 Å². The van der Waals surface area contributed by atoms with E-state index in [1.54, 1.807) is 19.9 Å². The zero-order valence-electron chi connectivity index (χ0n) is 7.35. The van der Waals surface area contributed by atoms with Crippen molar-refractivity contribution in [2.24, 2.45) is 0 Å². The zero-order valence-corrected chi connectivity index (χ0v) is 7.35. The Morgan fingerprint density at radius 2 is 2.38 bits per heavy atom. The highest BCUT2D eigenvalue weighted by Crippen LogP contribution is 2.10. The third-order valence-corrected chi connectivity index (χ3v) is 1.56. The second-order valence-electron chi connectivity index (χ2n) is 2.87. The number of carboxylic acids is 1. The molecule has 1 heterocycles. The van der Waals surface area contributed by atoms with Gasteiger partial charge in [0.1, 0.15) is 11.8 Å². The summed E-state index contributed by atoms with van der Waals surface area (Å²) in [6.07, 6.45) is 0. The molecule has 0 amide bonds. The molecular weight excluding hydrogens is 170 g/mol. The summed E-state index contributed by atoms with van der Waals surface area (Å²) < 4.78 is 1.32. The number of aromatic carboxylic acids is 1. The van der Waals surface area contributed by atoms with Crippen LogP contribution in [-0.2, 0) is 0 Å². The molecule has 13 heavy (non-hydrogen) atoms. The number of hydrogen-bond donors (Lipinski definition) is 1. The van der Waals surface area contributed by atoms with Crippen LogP contribution in [0, 0.1) is 11.3 Å². The van der Waals surface area contributed by atoms with Crippen LogP contribution in [0.25, 0.3) is 0 Å². The van der Waals surface area contributed by atoms with E-state index >= 15 is 0 Å². The van der Waals surface area contributed by atoms with Crippen molar-refractivity contribution in [2.45, 2.75) is 19.9 Å². The first kappa shape index (κ1) is 9.26. The van der Waals surface area contributed by atoms with Crippen molar-refractivity contribution in [1.29, 1.82) is 5.26 Å². The highest BCUT2D eigenvalue weighted by atomic mass is 16.4. The topological polar surface area (TPSA) is 78.9 Å². The fourth-order valence-corrected chi connectivity index (χ4v) is 1.00. The lowest BCUT2D eigenvalue weighted by atomic mass is 10.3. The number of rotatable bonds is 2. The Hall–Kier alpha value is -1.83. The summed E-state index contributed by atoms with van der Waals surface area (Å²) in [6, 6.07) is 3.01. The number of carbonyl (C=O) groups is 1. The van der Waals surface area contributed by atoms with Crippen LogP contribution >= 0.6 is 0 Å². The second kappa shape index (κ2) is 3.27. The van der Waals surface area contributed by atoms with Crippen LogP contribution in [0.15, 0.2) is 6.07 Å². The predicted octanol–water partition coefficient (Wildman–Crippen LogP) is 1.03. The van der Waals surface area contributed by atoms with Gasteiger partial charge in [-0.2, -0.15) is 10.4 Å². The number of hydrogen-bond acceptors (Lipinski definition) is 3. The van der Waals surface area contributed by atoms with E-state index < -0.39 is 5.97 Å². The highest BCUT2D eigenvalue weighted by molar-refractivity contribution is 5.86. The largest absolute Gasteiger partial charge is 0.477 e. The van der Waals surface area contributed by atoms with Crippen molar-refractivity contribution < 1.29 is 9.90 Å². The van der Waals surface area contributed by atoms with Gasteiger partial charge >= 0.3 is 5.97 Å². The number of carboxylic acid groups (broad SMARTS) is 1. The molecule has 0 saturated heterocycles. The van der Waals surface area contributed by atoms with Gasteiger partial charge in [-0.25, -0.2) is 4.79 Å². The second-order valence-corrected chi connectivity index (χ2v) is 2.87. The van der Waals surface area contributed by atoms with Gasteiger partial charge in [0.25, 0.3) is 0 Å². The Balaban J connectivity index is 3.25. The standard InChI is InChI=1S/C8H9N3O2/c1-5(2)11-7(8(12)13)3-6(4-9)10-11/h3,5H,1-2H3,(H,12,13). The molecule has 0 aliphatic carbocycles. The molecule has 5 heteroatoms. The van der Waals surface area contributed by atoms with Crippen LogP contribution < -0.4 is 0 Å². The van der Waals surface area contributed by atoms with E-state index in [0.717, 1.165) is 0 Å². The Bertz CT molecular complexity index is 373. The third kappa shape index (κ3) is 1.67. The lowest BCUT2D eigenvalue weighted by Crippen LogP contribution is -2.11. The van der Waals surface area contributed by atoms with Crippen molar-refractivity contribution in [3.05, 3.63) is 17.5 Å². The van der Waals surface area contributed by atoms with Gasteiger partial charge in [-0.1, -0.05) is 0 Å². The SMILES string of the molecule is CC(C)n1nc(C#N)cc1C(=O)O. The summed E-state index contributed by atoms with van der Waals surface area (Å²) in [7, 11) is 0. The minimum absolute atomic E-state index is 0.0477. The van der Waals surface area contributed by atoms with Crippen molar-refractivity contribution in [3.63, 3.8) is 0 Å². The molecule has 0 saturated carbocycles. The van der Waals surface area contributed by atoms with E-state index in [4.69, 9.17) is 10.4 Å². The minimum atomic E-state index is -1.07. The molecule has 0 bridgehead atoms. The summed E-state index contributed by atoms with van der Waals surface area (Å²) in [6.45, 7) is 3.61. The zero-order chi connectivity index (χ0) is 10.0. The Morgan fingerprint density at radius 3 is 2.69 bits per heavy atom. The Morgan fingerprint density at radius 1 is 1.77 bits per heavy atom. The van der Waals surface area contributed by atoms with Gasteiger partial charge in [0.05, 0.1) is 0 Å². The number of nitrogens with zero attached hydrogens (tertiary/aromatic N) is 3. The molecule has 1 rings (SSSR count). The molecule has 0 fully saturated rings. The van der Waals surface area contributed by atoms with Gasteiger partial charge in [-0.3, -0.25) is 4.68 Å². The smallest absolute Gasteiger partial charge is 0.354 e. The third-order valence-electron chi connectivity index (χ3n) is 1.56. The Kier molecular flexibility index (Phi) is 2.33. The average Bonchev–Trinajstić information content (AvgIpc) is 2.47. The Labute approximate surface area is 75.2 Å². The van der Waals surface area contributed by atoms with Crippen molar-refractivity contribution >= 4 is 5.97 Å². The molecule has 0 atom stereocenters. The van der Waals surface area contributed by atoms with E-state index in [2.05, 4.69) is 5.10 Å². The van der Waals surface area contributed by atoms with Crippen LogP contribution in [0.2, 0.25) is 0 Å². The average molecular weight is 179 g/mol. The summed E-state index contributed by atoms with van der Waals surface area (Å²) in [5, 5.41) is 21.1. The fraction of sp³-hybridized carbons (Fsp3) is 0.375. The molecule has 1 N–H and O–H groups in total. The number of nitriles is 1. The van der Waals surface area contributed by atoms with Gasteiger partial charge in [0.15, 0.2) is 5.69 Å². The molecule has 0 radical (unpaired) electrons. The first-order valence-corrected chi connectivity index (χ1v) is 3.79. The van der Waals surface area contributed by atoms with Crippen LogP contribution in [0.4, 0.5) is 0 Å². The lowest BCUT2D eigenvalue weighted by molar-refractivity contribution is 0.0681. The van der Waals surface area contributed by atoms with Gasteiger partial charge in [0.2, 0.25) is 0 Å². The maximum atomic E-state index is 10.7. The molecule has 0 spiro atoms. The quantitative estimate of drug-likeness (QED) is 0.735. The van der Waals surface area contributed by atoms with E-state index in [1.165, 1.54) is 10.7 Å². The maximum absolute atomic E-state index is 10.7. The molecule has 68 valence electrons. The monoisotopic (exact) mass is 179 g/mol. The summed E-state index contributed by atoms with van der Waals surface area (Å²) in [5.41, 5.74) is 0.178. The van der Waals surface area contributed by atoms with Crippen LogP contribution in [0.3, 0.4) is 0 Å². The van der Waals surface area contributed by atoms with Gasteiger partial charge in [0, 0.05) is 12.1 Å². The molecule has 0 aliphatic rings. The van der Waals surface area contributed by atoms with Crippen LogP contribution in [0.5, 0.6) is 0 Å². The molecular formula is C8H9N3O2. The number of aromatic nitrogens is 2. The van der Waals surface area contributed by atoms with Crippen LogP contribution in [0.1, 0.15) is 36.1 Å². The van der Waals surface area contributed by atoms with Crippen molar-refractivity contribution in [3.8, 4) is 6.07 Å². The highest BCUT2D eigenvalue weighted by Gasteiger charge is 2.15. The summed E-state index contributed by atoms with van der Waals surface area (Å²) in [5.74, 6) is -1.07. The summed E-state index contributed by atoms with van der Waals surface area (Å²) in [4.78, 5) is 10.7. The van der Waals surface area contributed by atoms with E-state index in [9.17, 15) is 4.79 Å². The normalized spacial score (nSPS) is 10.0. The molecule has 5 nitrogen and oxygen atoms in total.